The highest BCUT2D eigenvalue weighted by molar-refractivity contribution is 5.70. The Balaban J connectivity index is 1.21. The monoisotopic (exact) mass is 778 g/mol. The van der Waals surface area contributed by atoms with Gasteiger partial charge in [-0.3, -0.25) is 0 Å². The molecule has 12 nitrogen and oxygen atoms in total. The summed E-state index contributed by atoms with van der Waals surface area (Å²) >= 11 is 0. The molecule has 4 aromatic rings. The molecular formula is C44H58O12. The van der Waals surface area contributed by atoms with Gasteiger partial charge in [-0.15, -0.1) is 0 Å². The van der Waals surface area contributed by atoms with Crippen molar-refractivity contribution in [1.29, 1.82) is 0 Å². The van der Waals surface area contributed by atoms with Crippen LogP contribution in [-0.2, 0) is 28.4 Å². The van der Waals surface area contributed by atoms with Crippen LogP contribution in [0.2, 0.25) is 0 Å². The highest BCUT2D eigenvalue weighted by Crippen LogP contribution is 2.34. The Morgan fingerprint density at radius 2 is 0.500 bits per heavy atom. The maximum Gasteiger partial charge on any atom is 0.123 e. The van der Waals surface area contributed by atoms with Crippen LogP contribution >= 0.6 is 0 Å². The number of rotatable bonds is 29. The van der Waals surface area contributed by atoms with Crippen molar-refractivity contribution < 1.29 is 56.8 Å². The molecule has 0 fully saturated rings. The number of benzene rings is 4. The maximum absolute atomic E-state index is 6.07. The molecule has 0 saturated carbocycles. The average Bonchev–Trinajstić information content (AvgIpc) is 3.18. The summed E-state index contributed by atoms with van der Waals surface area (Å²) in [4.78, 5) is 0. The molecule has 0 saturated heterocycles. The van der Waals surface area contributed by atoms with Gasteiger partial charge in [0.15, 0.2) is 0 Å². The van der Waals surface area contributed by atoms with Gasteiger partial charge in [-0.25, -0.2) is 0 Å². The van der Waals surface area contributed by atoms with E-state index < -0.39 is 0 Å². The van der Waals surface area contributed by atoms with Gasteiger partial charge in [0.25, 0.3) is 0 Å². The highest BCUT2D eigenvalue weighted by Gasteiger charge is 2.11. The van der Waals surface area contributed by atoms with Gasteiger partial charge < -0.3 is 56.8 Å². The Kier molecular flexibility index (Phi) is 20.2. The van der Waals surface area contributed by atoms with E-state index in [-0.39, 0.29) is 0 Å². The lowest BCUT2D eigenvalue weighted by atomic mass is 10.0. The Morgan fingerprint density at radius 3 is 0.786 bits per heavy atom. The van der Waals surface area contributed by atoms with E-state index in [4.69, 9.17) is 56.8 Å². The Bertz CT molecular complexity index is 1530. The maximum atomic E-state index is 6.07. The summed E-state index contributed by atoms with van der Waals surface area (Å²) in [6.45, 7) is 10.3. The van der Waals surface area contributed by atoms with E-state index in [1.54, 1.807) is 28.4 Å². The Labute approximate surface area is 331 Å². The second-order valence-corrected chi connectivity index (χ2v) is 12.7. The van der Waals surface area contributed by atoms with Gasteiger partial charge >= 0.3 is 0 Å². The number of aryl methyl sites for hydroxylation is 2. The molecule has 0 radical (unpaired) electrons. The SMILES string of the molecule is COCCOc1cc(OCCOC)cc(-c2cc(C)cc(OCCOCCOCCOc3cc(C)cc(-c4cc(OCCOC)cc(OCCOC)c4)c3)c2)c1. The van der Waals surface area contributed by atoms with Crippen molar-refractivity contribution in [1.82, 2.24) is 0 Å². The van der Waals surface area contributed by atoms with Crippen LogP contribution in [0.15, 0.2) is 72.8 Å². The largest absolute Gasteiger partial charge is 0.491 e. The van der Waals surface area contributed by atoms with Crippen LogP contribution in [0.1, 0.15) is 11.1 Å². The third-order valence-electron chi connectivity index (χ3n) is 8.12. The molecule has 0 aliphatic carbocycles. The first-order valence-corrected chi connectivity index (χ1v) is 18.8. The normalized spacial score (nSPS) is 11.0. The van der Waals surface area contributed by atoms with Crippen LogP contribution in [0.5, 0.6) is 34.5 Å². The summed E-state index contributed by atoms with van der Waals surface area (Å²) in [5.74, 6) is 4.30. The molecule has 4 aromatic carbocycles. The van der Waals surface area contributed by atoms with E-state index in [2.05, 4.69) is 12.1 Å². The van der Waals surface area contributed by atoms with Crippen LogP contribution in [0.4, 0.5) is 0 Å². The summed E-state index contributed by atoms with van der Waals surface area (Å²) in [6, 6.07) is 23.9. The quantitative estimate of drug-likeness (QED) is 0.0519. The van der Waals surface area contributed by atoms with Crippen LogP contribution in [0.25, 0.3) is 22.3 Å². The third-order valence-corrected chi connectivity index (χ3v) is 8.12. The van der Waals surface area contributed by atoms with E-state index in [9.17, 15) is 0 Å². The Hall–Kier alpha value is -4.56. The van der Waals surface area contributed by atoms with E-state index in [0.29, 0.717) is 115 Å². The zero-order valence-electron chi connectivity index (χ0n) is 33.7. The first kappa shape index (κ1) is 44.2. The molecular weight excluding hydrogens is 720 g/mol. The summed E-state index contributed by atoms with van der Waals surface area (Å²) in [5, 5.41) is 0. The zero-order valence-corrected chi connectivity index (χ0v) is 33.7. The molecule has 0 spiro atoms. The molecule has 0 aromatic heterocycles. The van der Waals surface area contributed by atoms with Gasteiger partial charge in [0.1, 0.15) is 74.1 Å². The van der Waals surface area contributed by atoms with Crippen molar-refractivity contribution >= 4 is 0 Å². The number of ether oxygens (including phenoxy) is 12. The molecule has 0 heterocycles. The lowest BCUT2D eigenvalue weighted by Crippen LogP contribution is -2.13. The van der Waals surface area contributed by atoms with Crippen molar-refractivity contribution in [3.8, 4) is 56.8 Å². The Morgan fingerprint density at radius 1 is 0.268 bits per heavy atom. The summed E-state index contributed by atoms with van der Waals surface area (Å²) in [5.41, 5.74) is 6.02. The fourth-order valence-electron chi connectivity index (χ4n) is 5.54. The molecule has 4 rings (SSSR count). The lowest BCUT2D eigenvalue weighted by molar-refractivity contribution is 0.0273. The minimum absolute atomic E-state index is 0.399. The number of hydrogen-bond acceptors (Lipinski definition) is 12. The fraction of sp³-hybridized carbons (Fsp3) is 0.455. The fourth-order valence-corrected chi connectivity index (χ4v) is 5.54. The molecule has 56 heavy (non-hydrogen) atoms. The minimum atomic E-state index is 0.399. The summed E-state index contributed by atoms with van der Waals surface area (Å²) < 4.78 is 67.9. The van der Waals surface area contributed by atoms with E-state index in [0.717, 1.165) is 44.9 Å². The molecule has 0 aliphatic heterocycles. The van der Waals surface area contributed by atoms with Crippen molar-refractivity contribution in [2.24, 2.45) is 0 Å². The van der Waals surface area contributed by atoms with Gasteiger partial charge in [-0.1, -0.05) is 12.1 Å². The summed E-state index contributed by atoms with van der Waals surface area (Å²) in [7, 11) is 6.59. The van der Waals surface area contributed by atoms with Crippen molar-refractivity contribution in [3.05, 3.63) is 83.9 Å². The van der Waals surface area contributed by atoms with E-state index >= 15 is 0 Å². The predicted molar refractivity (Wildman–Crippen MR) is 215 cm³/mol. The van der Waals surface area contributed by atoms with Crippen molar-refractivity contribution in [2.45, 2.75) is 13.8 Å². The second kappa shape index (κ2) is 25.6. The first-order chi connectivity index (χ1) is 27.4. The average molecular weight is 779 g/mol. The van der Waals surface area contributed by atoms with Gasteiger partial charge in [0.2, 0.25) is 0 Å². The van der Waals surface area contributed by atoms with Crippen LogP contribution in [0, 0.1) is 13.8 Å². The molecule has 12 heteroatoms. The second-order valence-electron chi connectivity index (χ2n) is 12.7. The zero-order chi connectivity index (χ0) is 39.8. The highest BCUT2D eigenvalue weighted by atomic mass is 16.6. The van der Waals surface area contributed by atoms with Gasteiger partial charge in [0, 0.05) is 40.6 Å². The molecule has 0 atom stereocenters. The first-order valence-electron chi connectivity index (χ1n) is 18.8. The van der Waals surface area contributed by atoms with E-state index in [1.165, 1.54) is 0 Å². The molecule has 0 amide bonds. The standard InChI is InChI=1S/C44H58O12/c1-33-21-35(37-27-41(51-15-7-45-3)31-42(28-37)52-16-8-46-4)25-39(23-33)55-19-13-49-11-12-50-14-20-56-40-24-34(2)22-36(26-40)38-29-43(53-17-9-47-5)32-44(30-38)54-18-10-48-6/h21-32H,7-20H2,1-6H3. The topological polar surface area (TPSA) is 111 Å². The van der Waals surface area contributed by atoms with Crippen molar-refractivity contribution in [3.63, 3.8) is 0 Å². The van der Waals surface area contributed by atoms with Crippen LogP contribution < -0.4 is 28.4 Å². The molecule has 306 valence electrons. The third kappa shape index (κ3) is 16.3. The van der Waals surface area contributed by atoms with Gasteiger partial charge in [0.05, 0.1) is 52.9 Å². The van der Waals surface area contributed by atoms with Gasteiger partial charge in [-0.2, -0.15) is 0 Å². The predicted octanol–water partition coefficient (Wildman–Crippen LogP) is 7.23. The molecule has 0 aliphatic rings. The molecule has 0 bridgehead atoms. The van der Waals surface area contributed by atoms with Crippen LogP contribution in [0.3, 0.4) is 0 Å². The molecule has 0 N–H and O–H groups in total. The van der Waals surface area contributed by atoms with Crippen LogP contribution in [-0.4, -0.2) is 121 Å². The lowest BCUT2D eigenvalue weighted by Gasteiger charge is -2.14. The smallest absolute Gasteiger partial charge is 0.123 e. The van der Waals surface area contributed by atoms with Crippen molar-refractivity contribution in [2.75, 3.05) is 121 Å². The van der Waals surface area contributed by atoms with Gasteiger partial charge in [-0.05, 0) is 95.8 Å². The molecule has 0 unspecified atom stereocenters. The minimum Gasteiger partial charge on any atom is -0.491 e. The number of methoxy groups -OCH3 is 4. The summed E-state index contributed by atoms with van der Waals surface area (Å²) in [6.07, 6.45) is 0. The van der Waals surface area contributed by atoms with E-state index in [1.807, 2.05) is 74.5 Å². The number of hydrogen-bond donors (Lipinski definition) is 0.